The predicted octanol–water partition coefficient (Wildman–Crippen LogP) is 4.60. The summed E-state index contributed by atoms with van der Waals surface area (Å²) < 4.78 is 14.2. The van der Waals surface area contributed by atoms with E-state index in [0.29, 0.717) is 10.6 Å². The minimum absolute atomic E-state index is 0.339. The van der Waals surface area contributed by atoms with Crippen LogP contribution in [0.3, 0.4) is 0 Å². The molecule has 0 spiro atoms. The monoisotopic (exact) mass is 327 g/mol. The van der Waals surface area contributed by atoms with Crippen molar-refractivity contribution in [2.24, 2.45) is 5.73 Å². The predicted molar refractivity (Wildman–Crippen MR) is 76.3 cm³/mol. The van der Waals surface area contributed by atoms with Crippen molar-refractivity contribution in [3.05, 3.63) is 68.4 Å². The first kappa shape index (κ1) is 13.5. The molecule has 2 aromatic rings. The summed E-state index contributed by atoms with van der Waals surface area (Å²) in [7, 11) is 0. The number of hydrogen-bond acceptors (Lipinski definition) is 1. The van der Waals surface area contributed by atoms with Crippen molar-refractivity contribution < 1.29 is 4.39 Å². The summed E-state index contributed by atoms with van der Waals surface area (Å²) in [5, 5.41) is 0.470. The maximum atomic E-state index is 13.3. The highest BCUT2D eigenvalue weighted by Crippen LogP contribution is 2.32. The van der Waals surface area contributed by atoms with Gasteiger partial charge in [0.2, 0.25) is 0 Å². The first-order valence-corrected chi connectivity index (χ1v) is 6.63. The lowest BCUT2D eigenvalue weighted by atomic mass is 9.98. The van der Waals surface area contributed by atoms with Crippen molar-refractivity contribution in [3.8, 4) is 0 Å². The zero-order valence-corrected chi connectivity index (χ0v) is 12.1. The van der Waals surface area contributed by atoms with Crippen molar-refractivity contribution in [1.82, 2.24) is 0 Å². The van der Waals surface area contributed by atoms with Crippen LogP contribution in [-0.2, 0) is 0 Å². The molecule has 0 fully saturated rings. The number of nitrogens with two attached hydrogens (primary N) is 1. The van der Waals surface area contributed by atoms with Gasteiger partial charge in [0, 0.05) is 9.50 Å². The zero-order valence-electron chi connectivity index (χ0n) is 9.75. The van der Waals surface area contributed by atoms with Crippen LogP contribution in [-0.4, -0.2) is 0 Å². The van der Waals surface area contributed by atoms with E-state index in [0.717, 1.165) is 15.6 Å². The maximum absolute atomic E-state index is 13.3. The topological polar surface area (TPSA) is 26.0 Å². The summed E-state index contributed by atoms with van der Waals surface area (Å²) in [6.45, 7) is 1.98. The lowest BCUT2D eigenvalue weighted by Crippen LogP contribution is -2.13. The van der Waals surface area contributed by atoms with Crippen LogP contribution in [0.5, 0.6) is 0 Å². The zero-order chi connectivity index (χ0) is 13.3. The normalized spacial score (nSPS) is 12.5. The molecule has 0 saturated heterocycles. The Morgan fingerprint density at radius 2 is 1.94 bits per heavy atom. The average molecular weight is 329 g/mol. The standard InChI is InChI=1S/C14H12BrClFN/c1-8-3-2-4-10(13(8)15)14(18)11-7-9(17)5-6-12(11)16/h2-7,14H,18H2,1H3. The Balaban J connectivity index is 2.51. The maximum Gasteiger partial charge on any atom is 0.123 e. The van der Waals surface area contributed by atoms with Crippen LogP contribution in [0.2, 0.25) is 5.02 Å². The van der Waals surface area contributed by atoms with Gasteiger partial charge in [0.15, 0.2) is 0 Å². The minimum atomic E-state index is -0.456. The minimum Gasteiger partial charge on any atom is -0.320 e. The molecule has 0 saturated carbocycles. The Hall–Kier alpha value is -0.900. The molecular formula is C14H12BrClFN. The van der Waals surface area contributed by atoms with Crippen molar-refractivity contribution in [2.75, 3.05) is 0 Å². The quantitative estimate of drug-likeness (QED) is 0.856. The van der Waals surface area contributed by atoms with Gasteiger partial charge in [0.25, 0.3) is 0 Å². The fourth-order valence-electron chi connectivity index (χ4n) is 1.83. The highest BCUT2D eigenvalue weighted by Gasteiger charge is 2.16. The van der Waals surface area contributed by atoms with Crippen molar-refractivity contribution in [1.29, 1.82) is 0 Å². The first-order valence-electron chi connectivity index (χ1n) is 5.46. The first-order chi connectivity index (χ1) is 8.50. The number of aryl methyl sites for hydroxylation is 1. The third kappa shape index (κ3) is 2.58. The molecule has 0 amide bonds. The van der Waals surface area contributed by atoms with E-state index < -0.39 is 6.04 Å². The van der Waals surface area contributed by atoms with Crippen molar-refractivity contribution >= 4 is 27.5 Å². The van der Waals surface area contributed by atoms with Gasteiger partial charge in [-0.15, -0.1) is 0 Å². The summed E-state index contributed by atoms with van der Waals surface area (Å²) in [6, 6.07) is 9.57. The van der Waals surface area contributed by atoms with E-state index in [4.69, 9.17) is 17.3 Å². The molecule has 2 N–H and O–H groups in total. The van der Waals surface area contributed by atoms with Gasteiger partial charge in [-0.1, -0.05) is 45.7 Å². The highest BCUT2D eigenvalue weighted by molar-refractivity contribution is 9.10. The van der Waals surface area contributed by atoms with Crippen LogP contribution >= 0.6 is 27.5 Å². The molecule has 0 bridgehead atoms. The third-order valence-electron chi connectivity index (χ3n) is 2.85. The van der Waals surface area contributed by atoms with Gasteiger partial charge < -0.3 is 5.73 Å². The molecule has 94 valence electrons. The van der Waals surface area contributed by atoms with E-state index in [1.54, 1.807) is 0 Å². The van der Waals surface area contributed by atoms with Gasteiger partial charge in [-0.05, 0) is 41.8 Å². The van der Waals surface area contributed by atoms with Gasteiger partial charge in [0.1, 0.15) is 5.82 Å². The SMILES string of the molecule is Cc1cccc(C(N)c2cc(F)ccc2Cl)c1Br. The summed E-state index contributed by atoms with van der Waals surface area (Å²) in [6.07, 6.45) is 0. The lowest BCUT2D eigenvalue weighted by molar-refractivity contribution is 0.623. The molecule has 0 aliphatic heterocycles. The molecule has 2 aromatic carbocycles. The van der Waals surface area contributed by atoms with E-state index in [1.165, 1.54) is 18.2 Å². The molecule has 1 nitrogen and oxygen atoms in total. The molecule has 0 aliphatic carbocycles. The van der Waals surface area contributed by atoms with E-state index in [2.05, 4.69) is 15.9 Å². The summed E-state index contributed by atoms with van der Waals surface area (Å²) in [4.78, 5) is 0. The molecule has 1 unspecified atom stereocenters. The fraction of sp³-hybridized carbons (Fsp3) is 0.143. The lowest BCUT2D eigenvalue weighted by Gasteiger charge is -2.17. The molecule has 4 heteroatoms. The Bertz CT molecular complexity index is 584. The molecule has 2 rings (SSSR count). The molecule has 0 heterocycles. The van der Waals surface area contributed by atoms with E-state index in [1.807, 2.05) is 25.1 Å². The Morgan fingerprint density at radius 1 is 1.22 bits per heavy atom. The second-order valence-corrected chi connectivity index (χ2v) is 5.32. The highest BCUT2D eigenvalue weighted by atomic mass is 79.9. The van der Waals surface area contributed by atoms with Crippen molar-refractivity contribution in [3.63, 3.8) is 0 Å². The molecule has 0 aliphatic rings. The third-order valence-corrected chi connectivity index (χ3v) is 4.28. The molecule has 1 atom stereocenters. The van der Waals surface area contributed by atoms with Gasteiger partial charge in [0.05, 0.1) is 6.04 Å². The van der Waals surface area contributed by atoms with Crippen LogP contribution in [0.1, 0.15) is 22.7 Å². The fourth-order valence-corrected chi connectivity index (χ4v) is 2.58. The van der Waals surface area contributed by atoms with Crippen LogP contribution in [0.25, 0.3) is 0 Å². The number of halogens is 3. The Morgan fingerprint density at radius 3 is 2.67 bits per heavy atom. The number of hydrogen-bond donors (Lipinski definition) is 1. The molecular weight excluding hydrogens is 317 g/mol. The van der Waals surface area contributed by atoms with Crippen molar-refractivity contribution in [2.45, 2.75) is 13.0 Å². The van der Waals surface area contributed by atoms with Crippen LogP contribution in [0.4, 0.5) is 4.39 Å². The summed E-state index contributed by atoms with van der Waals surface area (Å²) >= 11 is 9.58. The van der Waals surface area contributed by atoms with Gasteiger partial charge in [-0.2, -0.15) is 0 Å². The number of benzene rings is 2. The molecule has 18 heavy (non-hydrogen) atoms. The van der Waals surface area contributed by atoms with Gasteiger partial charge >= 0.3 is 0 Å². The molecule has 0 aromatic heterocycles. The summed E-state index contributed by atoms with van der Waals surface area (Å²) in [5.41, 5.74) is 8.73. The largest absolute Gasteiger partial charge is 0.320 e. The average Bonchev–Trinajstić information content (AvgIpc) is 2.35. The van der Waals surface area contributed by atoms with E-state index >= 15 is 0 Å². The van der Waals surface area contributed by atoms with Crippen LogP contribution < -0.4 is 5.73 Å². The van der Waals surface area contributed by atoms with Crippen LogP contribution in [0, 0.1) is 12.7 Å². The van der Waals surface area contributed by atoms with E-state index in [-0.39, 0.29) is 5.82 Å². The Kier molecular flexibility index (Phi) is 4.05. The second kappa shape index (κ2) is 5.39. The number of rotatable bonds is 2. The van der Waals surface area contributed by atoms with Crippen LogP contribution in [0.15, 0.2) is 40.9 Å². The smallest absolute Gasteiger partial charge is 0.123 e. The summed E-state index contributed by atoms with van der Waals surface area (Å²) in [5.74, 6) is -0.339. The van der Waals surface area contributed by atoms with E-state index in [9.17, 15) is 4.39 Å². The van der Waals surface area contributed by atoms with Gasteiger partial charge in [-0.25, -0.2) is 4.39 Å². The second-order valence-electron chi connectivity index (χ2n) is 4.12. The van der Waals surface area contributed by atoms with Gasteiger partial charge in [-0.3, -0.25) is 0 Å². The Labute approximate surface area is 119 Å². The molecule has 0 radical (unpaired) electrons.